The van der Waals surface area contributed by atoms with Crippen molar-refractivity contribution in [2.45, 2.75) is 25.8 Å². The molecular weight excluding hydrogens is 294 g/mol. The number of hydrogen-bond acceptors (Lipinski definition) is 3. The smallest absolute Gasteiger partial charge is 0.335 e. The minimum atomic E-state index is -1.00. The number of nitrogens with one attached hydrogen (secondary N) is 1. The fourth-order valence-corrected chi connectivity index (χ4v) is 2.26. The van der Waals surface area contributed by atoms with Gasteiger partial charge in [0.1, 0.15) is 0 Å². The summed E-state index contributed by atoms with van der Waals surface area (Å²) in [5.41, 5.74) is 1.60. The molecule has 0 spiro atoms. The van der Waals surface area contributed by atoms with Crippen LogP contribution in [0.1, 0.15) is 35.3 Å². The summed E-state index contributed by atoms with van der Waals surface area (Å²) in [5.74, 6) is -1.85. The first kappa shape index (κ1) is 16.5. The number of benzene rings is 2. The largest absolute Gasteiger partial charge is 0.481 e. The maximum absolute atomic E-state index is 11.5. The van der Waals surface area contributed by atoms with Gasteiger partial charge >= 0.3 is 11.9 Å². The predicted molar refractivity (Wildman–Crippen MR) is 87.8 cm³/mol. The van der Waals surface area contributed by atoms with E-state index in [-0.39, 0.29) is 5.56 Å². The summed E-state index contributed by atoms with van der Waals surface area (Å²) in [5, 5.41) is 21.5. The third-order valence-corrected chi connectivity index (χ3v) is 3.82. The number of aliphatic carboxylic acids is 1. The highest BCUT2D eigenvalue weighted by atomic mass is 16.4. The van der Waals surface area contributed by atoms with Crippen LogP contribution in [0.4, 0.5) is 5.69 Å². The van der Waals surface area contributed by atoms with Gasteiger partial charge in [0, 0.05) is 12.2 Å². The van der Waals surface area contributed by atoms with Gasteiger partial charge in [-0.3, -0.25) is 4.79 Å². The van der Waals surface area contributed by atoms with Crippen LogP contribution in [0.5, 0.6) is 0 Å². The molecule has 2 aromatic carbocycles. The normalized spacial score (nSPS) is 11.0. The van der Waals surface area contributed by atoms with Gasteiger partial charge in [-0.15, -0.1) is 0 Å². The van der Waals surface area contributed by atoms with Gasteiger partial charge in [-0.05, 0) is 43.2 Å². The molecule has 0 radical (unpaired) electrons. The molecule has 0 aliphatic rings. The Balaban J connectivity index is 2.18. The van der Waals surface area contributed by atoms with Gasteiger partial charge in [0.15, 0.2) is 0 Å². The monoisotopic (exact) mass is 313 g/mol. The molecule has 0 saturated carbocycles. The van der Waals surface area contributed by atoms with Crippen molar-refractivity contribution >= 4 is 17.6 Å². The van der Waals surface area contributed by atoms with Crippen molar-refractivity contribution in [1.29, 1.82) is 0 Å². The molecule has 2 aromatic rings. The highest BCUT2D eigenvalue weighted by Crippen LogP contribution is 2.30. The van der Waals surface area contributed by atoms with E-state index < -0.39 is 17.4 Å². The minimum absolute atomic E-state index is 0.237. The summed E-state index contributed by atoms with van der Waals surface area (Å²) in [6.07, 6.45) is 0. The van der Waals surface area contributed by atoms with E-state index in [1.54, 1.807) is 44.2 Å². The number of carbonyl (C=O) groups is 2. The quantitative estimate of drug-likeness (QED) is 0.761. The van der Waals surface area contributed by atoms with Gasteiger partial charge in [0.05, 0.1) is 11.0 Å². The van der Waals surface area contributed by atoms with E-state index in [1.165, 1.54) is 0 Å². The fraction of sp³-hybridized carbons (Fsp3) is 0.222. The number of hydrogen-bond donors (Lipinski definition) is 3. The third kappa shape index (κ3) is 3.69. The molecule has 0 unspecified atom stereocenters. The SMILES string of the molecule is CC(C)(C(=O)O)c1ccccc1NCc1ccc(C(=O)O)cc1. The Kier molecular flexibility index (Phi) is 4.69. The molecule has 0 aromatic heterocycles. The lowest BCUT2D eigenvalue weighted by Crippen LogP contribution is -2.29. The third-order valence-electron chi connectivity index (χ3n) is 3.82. The van der Waals surface area contributed by atoms with Gasteiger partial charge in [-0.25, -0.2) is 4.79 Å². The fourth-order valence-electron chi connectivity index (χ4n) is 2.26. The number of para-hydroxylation sites is 1. The molecule has 0 saturated heterocycles. The molecule has 0 bridgehead atoms. The first-order valence-electron chi connectivity index (χ1n) is 7.21. The van der Waals surface area contributed by atoms with Crippen molar-refractivity contribution in [3.63, 3.8) is 0 Å². The highest BCUT2D eigenvalue weighted by Gasteiger charge is 2.31. The second kappa shape index (κ2) is 6.52. The highest BCUT2D eigenvalue weighted by molar-refractivity contribution is 5.87. The van der Waals surface area contributed by atoms with E-state index in [1.807, 2.05) is 18.2 Å². The average Bonchev–Trinajstić information content (AvgIpc) is 2.53. The van der Waals surface area contributed by atoms with Crippen molar-refractivity contribution in [2.75, 3.05) is 5.32 Å². The number of rotatable bonds is 6. The number of aromatic carboxylic acids is 1. The van der Waals surface area contributed by atoms with Gasteiger partial charge < -0.3 is 15.5 Å². The molecule has 120 valence electrons. The molecule has 0 aliphatic carbocycles. The first-order valence-corrected chi connectivity index (χ1v) is 7.21. The Morgan fingerprint density at radius 1 is 1.00 bits per heavy atom. The Hall–Kier alpha value is -2.82. The molecule has 0 amide bonds. The first-order chi connectivity index (χ1) is 10.8. The summed E-state index contributed by atoms with van der Waals surface area (Å²) < 4.78 is 0. The van der Waals surface area contributed by atoms with Crippen LogP contribution in [0.15, 0.2) is 48.5 Å². The zero-order valence-corrected chi connectivity index (χ0v) is 13.0. The van der Waals surface area contributed by atoms with E-state index in [4.69, 9.17) is 5.11 Å². The second-order valence-electron chi connectivity index (χ2n) is 5.83. The van der Waals surface area contributed by atoms with E-state index in [9.17, 15) is 14.7 Å². The number of carboxylic acids is 2. The van der Waals surface area contributed by atoms with Crippen molar-refractivity contribution in [1.82, 2.24) is 0 Å². The Morgan fingerprint density at radius 2 is 1.61 bits per heavy atom. The molecule has 0 aliphatic heterocycles. The lowest BCUT2D eigenvalue weighted by Gasteiger charge is -2.23. The summed E-state index contributed by atoms with van der Waals surface area (Å²) in [4.78, 5) is 22.3. The van der Waals surface area contributed by atoms with Crippen LogP contribution in [-0.4, -0.2) is 22.2 Å². The number of anilines is 1. The van der Waals surface area contributed by atoms with Crippen LogP contribution in [-0.2, 0) is 16.8 Å². The predicted octanol–water partition coefficient (Wildman–Crippen LogP) is 3.36. The van der Waals surface area contributed by atoms with Crippen molar-refractivity contribution in [3.8, 4) is 0 Å². The molecule has 0 heterocycles. The summed E-state index contributed by atoms with van der Waals surface area (Å²) in [6, 6.07) is 13.9. The van der Waals surface area contributed by atoms with E-state index >= 15 is 0 Å². The van der Waals surface area contributed by atoms with Crippen molar-refractivity contribution in [2.24, 2.45) is 0 Å². The molecule has 2 rings (SSSR count). The van der Waals surface area contributed by atoms with Crippen LogP contribution in [0.3, 0.4) is 0 Å². The van der Waals surface area contributed by atoms with Crippen LogP contribution in [0.25, 0.3) is 0 Å². The van der Waals surface area contributed by atoms with Gasteiger partial charge in [-0.2, -0.15) is 0 Å². The van der Waals surface area contributed by atoms with Gasteiger partial charge in [0.2, 0.25) is 0 Å². The maximum atomic E-state index is 11.5. The van der Waals surface area contributed by atoms with E-state index in [2.05, 4.69) is 5.32 Å². The Labute approximate surface area is 134 Å². The zero-order valence-electron chi connectivity index (χ0n) is 13.0. The van der Waals surface area contributed by atoms with Gasteiger partial charge in [0.25, 0.3) is 0 Å². The summed E-state index contributed by atoms with van der Waals surface area (Å²) in [6.45, 7) is 3.81. The minimum Gasteiger partial charge on any atom is -0.481 e. The molecular formula is C18H19NO4. The molecule has 23 heavy (non-hydrogen) atoms. The van der Waals surface area contributed by atoms with Crippen molar-refractivity contribution < 1.29 is 19.8 Å². The van der Waals surface area contributed by atoms with E-state index in [0.29, 0.717) is 12.1 Å². The topological polar surface area (TPSA) is 86.6 Å². The average molecular weight is 313 g/mol. The van der Waals surface area contributed by atoms with Gasteiger partial charge in [-0.1, -0.05) is 30.3 Å². The molecule has 5 heteroatoms. The lowest BCUT2D eigenvalue weighted by molar-refractivity contribution is -0.142. The summed E-state index contributed by atoms with van der Waals surface area (Å²) in [7, 11) is 0. The van der Waals surface area contributed by atoms with E-state index in [0.717, 1.165) is 11.3 Å². The molecule has 0 fully saturated rings. The van der Waals surface area contributed by atoms with Crippen molar-refractivity contribution in [3.05, 3.63) is 65.2 Å². The Bertz CT molecular complexity index is 720. The molecule has 0 atom stereocenters. The Morgan fingerprint density at radius 3 is 2.17 bits per heavy atom. The van der Waals surface area contributed by atoms with Crippen LogP contribution in [0.2, 0.25) is 0 Å². The van der Waals surface area contributed by atoms with Crippen LogP contribution < -0.4 is 5.32 Å². The van der Waals surface area contributed by atoms with Crippen LogP contribution in [0, 0.1) is 0 Å². The molecule has 3 N–H and O–H groups in total. The standard InChI is InChI=1S/C18H19NO4/c1-18(2,17(22)23)14-5-3-4-6-15(14)19-11-12-7-9-13(10-8-12)16(20)21/h3-10,19H,11H2,1-2H3,(H,20,21)(H,22,23). The van der Waals surface area contributed by atoms with Crippen LogP contribution >= 0.6 is 0 Å². The second-order valence-corrected chi connectivity index (χ2v) is 5.83. The molecule has 5 nitrogen and oxygen atoms in total. The summed E-state index contributed by atoms with van der Waals surface area (Å²) >= 11 is 0. The maximum Gasteiger partial charge on any atom is 0.335 e. The lowest BCUT2D eigenvalue weighted by atomic mass is 9.83. The number of carboxylic acid groups (broad SMARTS) is 2. The zero-order chi connectivity index (χ0) is 17.0.